The van der Waals surface area contributed by atoms with E-state index in [1.807, 2.05) is 42.5 Å². The summed E-state index contributed by atoms with van der Waals surface area (Å²) >= 11 is 0. The zero-order valence-electron chi connectivity index (χ0n) is 13.7. The fraction of sp³-hybridized carbons (Fsp3) is 0.389. The highest BCUT2D eigenvalue weighted by atomic mass is 16.1. The minimum atomic E-state index is -0.258. The van der Waals surface area contributed by atoms with E-state index in [-0.39, 0.29) is 5.91 Å². The van der Waals surface area contributed by atoms with Crippen LogP contribution in [0.1, 0.15) is 18.5 Å². The number of nitrogens with zero attached hydrogens (tertiary/aromatic N) is 3. The molecule has 0 spiro atoms. The number of rotatable bonds is 6. The Morgan fingerprint density at radius 2 is 2.04 bits per heavy atom. The molecule has 1 amide bonds. The predicted octanol–water partition coefficient (Wildman–Crippen LogP) is 1.96. The first kappa shape index (κ1) is 16.4. The molecule has 3 N–H and O–H groups in total. The smallest absolute Gasteiger partial charge is 0.231 e. The Balaban J connectivity index is 1.55. The monoisotopic (exact) mass is 325 g/mol. The largest absolute Gasteiger partial charge is 0.369 e. The number of piperidine rings is 1. The standard InChI is InChI=1S/C18H23N5O/c19-17(24)13-23-10-4-5-14(12-23)11-16-8-9-18(22-21-16)20-15-6-2-1-3-7-15/h1-3,6-9,14H,4-5,10-13H2,(H2,19,24)(H,20,22)/t14-/m1/s1. The average Bonchev–Trinajstić information content (AvgIpc) is 2.57. The van der Waals surface area contributed by atoms with Crippen LogP contribution in [0.25, 0.3) is 0 Å². The molecule has 0 radical (unpaired) electrons. The van der Waals surface area contributed by atoms with Crippen LogP contribution >= 0.6 is 0 Å². The van der Waals surface area contributed by atoms with E-state index >= 15 is 0 Å². The van der Waals surface area contributed by atoms with Crippen molar-refractivity contribution in [2.75, 3.05) is 25.0 Å². The van der Waals surface area contributed by atoms with Gasteiger partial charge in [0, 0.05) is 12.2 Å². The highest BCUT2D eigenvalue weighted by Crippen LogP contribution is 2.20. The molecule has 1 saturated heterocycles. The molecule has 126 valence electrons. The molecule has 1 aliphatic rings. The van der Waals surface area contributed by atoms with Crippen LogP contribution in [-0.2, 0) is 11.2 Å². The summed E-state index contributed by atoms with van der Waals surface area (Å²) in [7, 11) is 0. The lowest BCUT2D eigenvalue weighted by Gasteiger charge is -2.31. The molecule has 0 unspecified atom stereocenters. The Morgan fingerprint density at radius 1 is 1.21 bits per heavy atom. The van der Waals surface area contributed by atoms with Gasteiger partial charge < -0.3 is 11.1 Å². The lowest BCUT2D eigenvalue weighted by Crippen LogP contribution is -2.41. The van der Waals surface area contributed by atoms with Gasteiger partial charge in [-0.2, -0.15) is 5.10 Å². The second-order valence-electron chi connectivity index (χ2n) is 6.31. The van der Waals surface area contributed by atoms with Crippen LogP contribution in [0.15, 0.2) is 42.5 Å². The summed E-state index contributed by atoms with van der Waals surface area (Å²) in [4.78, 5) is 13.2. The molecule has 0 aliphatic carbocycles. The Hall–Kier alpha value is -2.47. The van der Waals surface area contributed by atoms with Crippen LogP contribution in [0.5, 0.6) is 0 Å². The number of anilines is 2. The first-order valence-electron chi connectivity index (χ1n) is 8.34. The Kier molecular flexibility index (Phi) is 5.38. The van der Waals surface area contributed by atoms with Gasteiger partial charge in [-0.25, -0.2) is 0 Å². The number of likely N-dealkylation sites (tertiary alicyclic amines) is 1. The van der Waals surface area contributed by atoms with Gasteiger partial charge in [-0.15, -0.1) is 5.10 Å². The number of carbonyl (C=O) groups is 1. The number of nitrogens with one attached hydrogen (secondary N) is 1. The van der Waals surface area contributed by atoms with Crippen molar-refractivity contribution in [3.63, 3.8) is 0 Å². The molecule has 1 fully saturated rings. The Morgan fingerprint density at radius 3 is 2.75 bits per heavy atom. The Labute approximate surface area is 142 Å². The van der Waals surface area contributed by atoms with Gasteiger partial charge in [0.25, 0.3) is 0 Å². The van der Waals surface area contributed by atoms with Crippen LogP contribution in [-0.4, -0.2) is 40.6 Å². The van der Waals surface area contributed by atoms with Crippen molar-refractivity contribution in [2.45, 2.75) is 19.3 Å². The molecule has 1 aromatic carbocycles. The van der Waals surface area contributed by atoms with E-state index in [1.54, 1.807) is 0 Å². The van der Waals surface area contributed by atoms with Crippen molar-refractivity contribution in [3.05, 3.63) is 48.2 Å². The van der Waals surface area contributed by atoms with Crippen molar-refractivity contribution in [3.8, 4) is 0 Å². The molecule has 0 saturated carbocycles. The maximum atomic E-state index is 11.1. The lowest BCUT2D eigenvalue weighted by atomic mass is 9.93. The van der Waals surface area contributed by atoms with E-state index < -0.39 is 0 Å². The second-order valence-corrected chi connectivity index (χ2v) is 6.31. The van der Waals surface area contributed by atoms with Gasteiger partial charge in [0.1, 0.15) is 0 Å². The SMILES string of the molecule is NC(=O)CN1CCC[C@H](Cc2ccc(Nc3ccccc3)nn2)C1. The lowest BCUT2D eigenvalue weighted by molar-refractivity contribution is -0.119. The molecular weight excluding hydrogens is 302 g/mol. The number of hydrogen-bond donors (Lipinski definition) is 2. The molecular formula is C18H23N5O. The summed E-state index contributed by atoms with van der Waals surface area (Å²) in [6.07, 6.45) is 3.13. The van der Waals surface area contributed by atoms with E-state index in [0.29, 0.717) is 12.5 Å². The van der Waals surface area contributed by atoms with E-state index in [4.69, 9.17) is 5.73 Å². The molecule has 2 heterocycles. The zero-order chi connectivity index (χ0) is 16.8. The van der Waals surface area contributed by atoms with E-state index in [0.717, 1.165) is 49.6 Å². The second kappa shape index (κ2) is 7.88. The van der Waals surface area contributed by atoms with Crippen LogP contribution in [0, 0.1) is 5.92 Å². The zero-order valence-corrected chi connectivity index (χ0v) is 13.7. The summed E-state index contributed by atoms with van der Waals surface area (Å²) in [6, 6.07) is 13.9. The fourth-order valence-electron chi connectivity index (χ4n) is 3.18. The van der Waals surface area contributed by atoms with Gasteiger partial charge in [-0.1, -0.05) is 18.2 Å². The average molecular weight is 325 g/mol. The van der Waals surface area contributed by atoms with Crippen LogP contribution in [0.4, 0.5) is 11.5 Å². The molecule has 6 nitrogen and oxygen atoms in total. The molecule has 24 heavy (non-hydrogen) atoms. The van der Waals surface area contributed by atoms with Gasteiger partial charge >= 0.3 is 0 Å². The van der Waals surface area contributed by atoms with Crippen molar-refractivity contribution < 1.29 is 4.79 Å². The molecule has 1 aliphatic heterocycles. The summed E-state index contributed by atoms with van der Waals surface area (Å²) < 4.78 is 0. The number of hydrogen-bond acceptors (Lipinski definition) is 5. The highest BCUT2D eigenvalue weighted by Gasteiger charge is 2.21. The molecule has 0 bridgehead atoms. The summed E-state index contributed by atoms with van der Waals surface area (Å²) in [5, 5.41) is 11.8. The third-order valence-corrected chi connectivity index (χ3v) is 4.25. The number of nitrogens with two attached hydrogens (primary N) is 1. The van der Waals surface area contributed by atoms with Gasteiger partial charge in [-0.3, -0.25) is 9.69 Å². The minimum absolute atomic E-state index is 0.258. The van der Waals surface area contributed by atoms with Crippen LogP contribution in [0.3, 0.4) is 0 Å². The van der Waals surface area contributed by atoms with E-state index in [9.17, 15) is 4.79 Å². The first-order valence-corrected chi connectivity index (χ1v) is 8.34. The normalized spacial score (nSPS) is 18.2. The van der Waals surface area contributed by atoms with Crippen LogP contribution in [0.2, 0.25) is 0 Å². The maximum Gasteiger partial charge on any atom is 0.231 e. The number of para-hydroxylation sites is 1. The van der Waals surface area contributed by atoms with Gasteiger partial charge in [-0.05, 0) is 56.0 Å². The highest BCUT2D eigenvalue weighted by molar-refractivity contribution is 5.75. The quantitative estimate of drug-likeness (QED) is 0.848. The van der Waals surface area contributed by atoms with Gasteiger partial charge in [0.15, 0.2) is 5.82 Å². The third-order valence-electron chi connectivity index (χ3n) is 4.25. The molecule has 6 heteroatoms. The number of carbonyl (C=O) groups excluding carboxylic acids is 1. The number of primary amides is 1. The summed E-state index contributed by atoms with van der Waals surface area (Å²) in [5.41, 5.74) is 7.27. The van der Waals surface area contributed by atoms with E-state index in [2.05, 4.69) is 20.4 Å². The fourth-order valence-corrected chi connectivity index (χ4v) is 3.18. The van der Waals surface area contributed by atoms with E-state index in [1.165, 1.54) is 0 Å². The number of aromatic nitrogens is 2. The van der Waals surface area contributed by atoms with Crippen LogP contribution < -0.4 is 11.1 Å². The molecule has 1 aromatic heterocycles. The number of benzene rings is 1. The predicted molar refractivity (Wildman–Crippen MR) is 93.8 cm³/mol. The van der Waals surface area contributed by atoms with Gasteiger partial charge in [0.2, 0.25) is 5.91 Å². The topological polar surface area (TPSA) is 84.1 Å². The first-order chi connectivity index (χ1) is 11.7. The maximum absolute atomic E-state index is 11.1. The molecule has 2 aromatic rings. The van der Waals surface area contributed by atoms with Crippen molar-refractivity contribution in [1.29, 1.82) is 0 Å². The van der Waals surface area contributed by atoms with Crippen molar-refractivity contribution >= 4 is 17.4 Å². The minimum Gasteiger partial charge on any atom is -0.369 e. The molecule has 3 rings (SSSR count). The van der Waals surface area contributed by atoms with Crippen molar-refractivity contribution in [1.82, 2.24) is 15.1 Å². The van der Waals surface area contributed by atoms with Crippen molar-refractivity contribution in [2.24, 2.45) is 11.7 Å². The number of amides is 1. The molecule has 1 atom stereocenters. The van der Waals surface area contributed by atoms with Gasteiger partial charge in [0.05, 0.1) is 12.2 Å². The summed E-state index contributed by atoms with van der Waals surface area (Å²) in [6.45, 7) is 2.20. The third kappa shape index (κ3) is 4.76. The summed E-state index contributed by atoms with van der Waals surface area (Å²) in [5.74, 6) is 0.982. The Bertz CT molecular complexity index is 659.